The maximum Gasteiger partial charge on any atom is 0.268 e. The van der Waals surface area contributed by atoms with Crippen molar-refractivity contribution in [2.45, 2.75) is 11.2 Å². The Morgan fingerprint density at radius 2 is 0.976 bits per heavy atom. The number of methoxy groups -OCH3 is 4. The average molecular weight is 581 g/mol. The lowest BCUT2D eigenvalue weighted by molar-refractivity contribution is -0.133. The Bertz CT molecular complexity index is 1440. The predicted molar refractivity (Wildman–Crippen MR) is 150 cm³/mol. The molecule has 12 heteroatoms. The van der Waals surface area contributed by atoms with Gasteiger partial charge in [-0.05, 0) is 12.1 Å². The van der Waals surface area contributed by atoms with Gasteiger partial charge in [-0.15, -0.1) is 0 Å². The highest BCUT2D eigenvalue weighted by atomic mass is 16.7. The quantitative estimate of drug-likeness (QED) is 0.343. The number of amides is 2. The van der Waals surface area contributed by atoms with Crippen molar-refractivity contribution >= 4 is 23.2 Å². The number of carbonyl (C=O) groups excluding carboxylic acids is 2. The molecule has 3 aromatic rings. The van der Waals surface area contributed by atoms with Crippen LogP contribution in [-0.2, 0) is 30.3 Å². The van der Waals surface area contributed by atoms with Gasteiger partial charge in [0.15, 0.2) is 36.6 Å². The van der Waals surface area contributed by atoms with Gasteiger partial charge in [-0.25, -0.2) is 0 Å². The summed E-state index contributed by atoms with van der Waals surface area (Å²) in [7, 11) is 8.43. The Labute approximate surface area is 242 Å². The van der Waals surface area contributed by atoms with E-state index in [0.29, 0.717) is 11.4 Å². The number of para-hydroxylation sites is 2. The van der Waals surface area contributed by atoms with Crippen LogP contribution in [0.2, 0.25) is 0 Å². The van der Waals surface area contributed by atoms with Crippen LogP contribution in [0.1, 0.15) is 22.3 Å². The summed E-state index contributed by atoms with van der Waals surface area (Å²) < 4.78 is 34.0. The van der Waals surface area contributed by atoms with Gasteiger partial charge in [-0.2, -0.15) is 0 Å². The van der Waals surface area contributed by atoms with E-state index in [2.05, 4.69) is 0 Å². The summed E-state index contributed by atoms with van der Waals surface area (Å²) in [6.07, 6.45) is 0. The first-order chi connectivity index (χ1) is 20.1. The van der Waals surface area contributed by atoms with Crippen molar-refractivity contribution in [3.63, 3.8) is 0 Å². The fourth-order valence-corrected chi connectivity index (χ4v) is 5.78. The van der Waals surface area contributed by atoms with Gasteiger partial charge < -0.3 is 48.4 Å². The Hall–Kier alpha value is -4.36. The molecule has 0 aromatic heterocycles. The van der Waals surface area contributed by atoms with E-state index in [0.717, 1.165) is 0 Å². The molecule has 2 atom stereocenters. The van der Waals surface area contributed by atoms with Crippen LogP contribution in [0.4, 0.5) is 11.4 Å². The summed E-state index contributed by atoms with van der Waals surface area (Å²) in [5.74, 6) is -2.21. The summed E-state index contributed by atoms with van der Waals surface area (Å²) in [6.45, 7) is -0.705. The average Bonchev–Trinajstić information content (AvgIpc) is 3.34. The number of anilines is 2. The van der Waals surface area contributed by atoms with Crippen LogP contribution in [0.5, 0.6) is 23.0 Å². The maximum atomic E-state index is 13.9. The molecule has 222 valence electrons. The first kappa shape index (κ1) is 29.1. The minimum absolute atomic E-state index is 0.175. The SMILES string of the molecule is COCOc1c(OC)c([C@]2(O)C(=O)N(C)c3ccccc32)c(OCOC)c(OC)c1[C@]1(O)C(=O)N(C)c2ccccc21. The minimum Gasteiger partial charge on any atom is -0.492 e. The number of ether oxygens (including phenoxy) is 6. The van der Waals surface area contributed by atoms with Gasteiger partial charge in [0.25, 0.3) is 11.8 Å². The molecule has 0 unspecified atom stereocenters. The first-order valence-electron chi connectivity index (χ1n) is 12.9. The van der Waals surface area contributed by atoms with Crippen LogP contribution in [0.3, 0.4) is 0 Å². The number of benzene rings is 3. The van der Waals surface area contributed by atoms with E-state index >= 15 is 0 Å². The zero-order valence-corrected chi connectivity index (χ0v) is 24.1. The van der Waals surface area contributed by atoms with Crippen molar-refractivity contribution in [2.75, 3.05) is 65.9 Å². The van der Waals surface area contributed by atoms with E-state index in [4.69, 9.17) is 28.4 Å². The largest absolute Gasteiger partial charge is 0.492 e. The van der Waals surface area contributed by atoms with Gasteiger partial charge in [-0.1, -0.05) is 36.4 Å². The maximum absolute atomic E-state index is 13.9. The van der Waals surface area contributed by atoms with Gasteiger partial charge in [0, 0.05) is 39.4 Å². The fraction of sp³-hybridized carbons (Fsp3) is 0.333. The number of hydrogen-bond donors (Lipinski definition) is 2. The molecule has 0 saturated heterocycles. The summed E-state index contributed by atoms with van der Waals surface area (Å²) >= 11 is 0. The zero-order chi connectivity index (χ0) is 30.4. The van der Waals surface area contributed by atoms with Crippen molar-refractivity contribution in [1.29, 1.82) is 0 Å². The van der Waals surface area contributed by atoms with Crippen molar-refractivity contribution in [1.82, 2.24) is 0 Å². The Morgan fingerprint density at radius 1 is 0.619 bits per heavy atom. The van der Waals surface area contributed by atoms with Crippen LogP contribution in [-0.4, -0.2) is 78.1 Å². The lowest BCUT2D eigenvalue weighted by Gasteiger charge is -2.33. The third kappa shape index (κ3) is 3.83. The van der Waals surface area contributed by atoms with Crippen molar-refractivity contribution in [3.05, 3.63) is 70.8 Å². The molecule has 0 fully saturated rings. The van der Waals surface area contributed by atoms with Gasteiger partial charge >= 0.3 is 0 Å². The topological polar surface area (TPSA) is 136 Å². The fourth-order valence-electron chi connectivity index (χ4n) is 5.78. The summed E-state index contributed by atoms with van der Waals surface area (Å²) in [5.41, 5.74) is -3.70. The first-order valence-corrected chi connectivity index (χ1v) is 12.9. The molecule has 2 amide bonds. The highest BCUT2D eigenvalue weighted by Gasteiger charge is 2.59. The minimum atomic E-state index is -2.37. The third-order valence-electron chi connectivity index (χ3n) is 7.63. The summed E-state index contributed by atoms with van der Waals surface area (Å²) in [6, 6.07) is 13.4. The zero-order valence-electron chi connectivity index (χ0n) is 24.1. The number of carbonyl (C=O) groups is 2. The third-order valence-corrected chi connectivity index (χ3v) is 7.63. The molecule has 0 bridgehead atoms. The normalized spacial score (nSPS) is 21.0. The standard InChI is InChI=1S/C30H32N2O10/c1-31-19-13-9-7-11-17(19)29(35,27(31)33)21-23(39-5)26(42-16-38-4)22(24(40-6)25(21)41-15-37-3)30(36)18-12-8-10-14-20(18)32(2)28(30)34/h7-14,35-36H,15-16H2,1-6H3/t29-,30-/m0/s1. The second kappa shape index (κ2) is 10.8. The molecule has 3 aromatic carbocycles. The van der Waals surface area contributed by atoms with E-state index in [1.807, 2.05) is 0 Å². The second-order valence-corrected chi connectivity index (χ2v) is 9.76. The van der Waals surface area contributed by atoms with Crippen molar-refractivity contribution < 1.29 is 48.2 Å². The number of nitrogens with zero attached hydrogens (tertiary/aromatic N) is 2. The molecule has 0 radical (unpaired) electrons. The van der Waals surface area contributed by atoms with E-state index in [1.54, 1.807) is 48.5 Å². The van der Waals surface area contributed by atoms with Crippen LogP contribution in [0.25, 0.3) is 0 Å². The van der Waals surface area contributed by atoms with Crippen LogP contribution < -0.4 is 28.7 Å². The van der Waals surface area contributed by atoms with E-state index in [1.165, 1.54) is 52.3 Å². The Balaban J connectivity index is 1.96. The molecule has 0 saturated carbocycles. The van der Waals surface area contributed by atoms with Gasteiger partial charge in [-0.3, -0.25) is 9.59 Å². The number of hydrogen-bond acceptors (Lipinski definition) is 10. The van der Waals surface area contributed by atoms with E-state index < -0.39 is 23.0 Å². The molecule has 2 aliphatic rings. The van der Waals surface area contributed by atoms with Crippen molar-refractivity contribution in [3.8, 4) is 23.0 Å². The molecule has 0 spiro atoms. The molecular weight excluding hydrogens is 548 g/mol. The summed E-state index contributed by atoms with van der Waals surface area (Å²) in [5, 5.41) is 24.8. The number of rotatable bonds is 10. The van der Waals surface area contributed by atoms with Crippen LogP contribution >= 0.6 is 0 Å². The number of likely N-dealkylation sites (N-methyl/N-ethyl adjacent to an activating group) is 2. The van der Waals surface area contributed by atoms with Gasteiger partial charge in [0.1, 0.15) is 0 Å². The second-order valence-electron chi connectivity index (χ2n) is 9.76. The molecule has 42 heavy (non-hydrogen) atoms. The monoisotopic (exact) mass is 580 g/mol. The lowest BCUT2D eigenvalue weighted by atomic mass is 9.80. The van der Waals surface area contributed by atoms with E-state index in [-0.39, 0.29) is 58.8 Å². The number of fused-ring (bicyclic) bond motifs is 2. The highest BCUT2D eigenvalue weighted by molar-refractivity contribution is 6.12. The Morgan fingerprint density at radius 3 is 1.31 bits per heavy atom. The molecule has 0 aliphatic carbocycles. The smallest absolute Gasteiger partial charge is 0.268 e. The van der Waals surface area contributed by atoms with Crippen molar-refractivity contribution in [2.24, 2.45) is 0 Å². The highest BCUT2D eigenvalue weighted by Crippen LogP contribution is 2.61. The lowest BCUT2D eigenvalue weighted by Crippen LogP contribution is -2.42. The Kier molecular flexibility index (Phi) is 7.50. The van der Waals surface area contributed by atoms with Crippen LogP contribution in [0, 0.1) is 0 Å². The number of aliphatic hydroxyl groups is 2. The predicted octanol–water partition coefficient (Wildman–Crippen LogP) is 2.09. The summed E-state index contributed by atoms with van der Waals surface area (Å²) in [4.78, 5) is 30.4. The molecule has 2 N–H and O–H groups in total. The van der Waals surface area contributed by atoms with Gasteiger partial charge in [0.2, 0.25) is 11.2 Å². The van der Waals surface area contributed by atoms with Gasteiger partial charge in [0.05, 0.1) is 36.7 Å². The van der Waals surface area contributed by atoms with E-state index in [9.17, 15) is 19.8 Å². The molecule has 2 aliphatic heterocycles. The molecular formula is C30H32N2O10. The molecule has 12 nitrogen and oxygen atoms in total. The molecule has 2 heterocycles. The van der Waals surface area contributed by atoms with Crippen LogP contribution in [0.15, 0.2) is 48.5 Å². The molecule has 5 rings (SSSR count).